The Balaban J connectivity index is 1.36. The van der Waals surface area contributed by atoms with Crippen LogP contribution in [0.25, 0.3) is 0 Å². The number of hydrogen-bond acceptors (Lipinski definition) is 3. The molecule has 1 saturated heterocycles. The van der Waals surface area contributed by atoms with Gasteiger partial charge in [0.1, 0.15) is 12.2 Å². The van der Waals surface area contributed by atoms with E-state index in [1.54, 1.807) is 0 Å². The number of aryl methyl sites for hydroxylation is 1. The number of hydrogen-bond donors (Lipinski definition) is 1. The zero-order chi connectivity index (χ0) is 30.0. The minimum atomic E-state index is -0.890. The predicted molar refractivity (Wildman–Crippen MR) is 180 cm³/mol. The van der Waals surface area contributed by atoms with Crippen molar-refractivity contribution >= 4 is 47.0 Å². The van der Waals surface area contributed by atoms with Crippen LogP contribution in [0.15, 0.2) is 133 Å². The maximum atomic E-state index is 14.4. The van der Waals surface area contributed by atoms with E-state index in [9.17, 15) is 9.59 Å². The van der Waals surface area contributed by atoms with Gasteiger partial charge in [0.05, 0.1) is 0 Å². The minimum Gasteiger partial charge on any atom is -0.370 e. The first-order valence-corrected chi connectivity index (χ1v) is 16.5. The minimum absolute atomic E-state index is 0.117. The summed E-state index contributed by atoms with van der Waals surface area (Å²) < 4.78 is 0. The first-order valence-electron chi connectivity index (χ1n) is 15.2. The van der Waals surface area contributed by atoms with Crippen LogP contribution in [0.3, 0.4) is 0 Å². The SMILES string of the molecule is NC(=O)CCCc1ccc(N2C(=O)[C@@H]3Cc4ccccc4N3[C@H]2c2ccccc2P(c2ccccc2)c2ccccc2)cc1. The molecule has 2 aliphatic heterocycles. The van der Waals surface area contributed by atoms with E-state index < -0.39 is 7.92 Å². The van der Waals surface area contributed by atoms with Gasteiger partial charge in [-0.25, -0.2) is 0 Å². The second-order valence-electron chi connectivity index (χ2n) is 11.4. The highest BCUT2D eigenvalue weighted by Crippen LogP contribution is 2.48. The molecule has 218 valence electrons. The molecule has 5 aromatic rings. The molecule has 0 saturated carbocycles. The van der Waals surface area contributed by atoms with Crippen LogP contribution in [-0.2, 0) is 22.4 Å². The third-order valence-corrected chi connectivity index (χ3v) is 11.2. The number of nitrogens with two attached hydrogens (primary N) is 1. The van der Waals surface area contributed by atoms with Gasteiger partial charge in [0.25, 0.3) is 5.91 Å². The lowest BCUT2D eigenvalue weighted by atomic mass is 10.1. The molecule has 0 spiro atoms. The van der Waals surface area contributed by atoms with Gasteiger partial charge in [-0.1, -0.05) is 115 Å². The van der Waals surface area contributed by atoms with Gasteiger partial charge >= 0.3 is 0 Å². The number of nitrogens with zero attached hydrogens (tertiary/aromatic N) is 2. The number of fused-ring (bicyclic) bond motifs is 3. The maximum Gasteiger partial charge on any atom is 0.252 e. The van der Waals surface area contributed by atoms with E-state index in [1.807, 2.05) is 4.90 Å². The smallest absolute Gasteiger partial charge is 0.252 e. The van der Waals surface area contributed by atoms with Crippen molar-refractivity contribution < 1.29 is 9.59 Å². The third-order valence-electron chi connectivity index (χ3n) is 8.64. The van der Waals surface area contributed by atoms with Gasteiger partial charge in [-0.2, -0.15) is 0 Å². The van der Waals surface area contributed by atoms with Crippen LogP contribution in [0, 0.1) is 0 Å². The Kier molecular flexibility index (Phi) is 7.72. The molecule has 0 radical (unpaired) electrons. The van der Waals surface area contributed by atoms with Crippen molar-refractivity contribution in [2.24, 2.45) is 5.73 Å². The van der Waals surface area contributed by atoms with E-state index in [2.05, 4.69) is 138 Å². The fraction of sp³-hybridized carbons (Fsp3) is 0.158. The molecule has 44 heavy (non-hydrogen) atoms. The number of carbonyl (C=O) groups is 2. The number of carbonyl (C=O) groups excluding carboxylic acids is 2. The van der Waals surface area contributed by atoms with Gasteiger partial charge in [-0.15, -0.1) is 0 Å². The Bertz CT molecular complexity index is 1750. The van der Waals surface area contributed by atoms with E-state index in [4.69, 9.17) is 5.73 Å². The Morgan fingerprint density at radius 1 is 0.750 bits per heavy atom. The molecule has 6 heteroatoms. The Hall–Kier alpha value is -4.73. The molecular formula is C38H34N3O2P. The molecule has 7 rings (SSSR count). The fourth-order valence-electron chi connectivity index (χ4n) is 6.66. The van der Waals surface area contributed by atoms with Gasteiger partial charge in [-0.05, 0) is 66.0 Å². The molecule has 2 amide bonds. The molecule has 0 aromatic heterocycles. The molecule has 2 heterocycles. The average Bonchev–Trinajstić information content (AvgIpc) is 3.57. The summed E-state index contributed by atoms with van der Waals surface area (Å²) in [5.41, 5.74) is 10.8. The number of anilines is 2. The molecule has 2 N–H and O–H groups in total. The van der Waals surface area contributed by atoms with Crippen LogP contribution in [-0.4, -0.2) is 17.9 Å². The second kappa shape index (κ2) is 12.1. The fourth-order valence-corrected chi connectivity index (χ4v) is 9.14. The quantitative estimate of drug-likeness (QED) is 0.222. The summed E-state index contributed by atoms with van der Waals surface area (Å²) in [6.45, 7) is 0. The summed E-state index contributed by atoms with van der Waals surface area (Å²) in [6, 6.07) is 46.6. The highest BCUT2D eigenvalue weighted by molar-refractivity contribution is 7.79. The van der Waals surface area contributed by atoms with Crippen molar-refractivity contribution in [1.29, 1.82) is 0 Å². The normalized spacial score (nSPS) is 17.2. The molecular weight excluding hydrogens is 561 g/mol. The van der Waals surface area contributed by atoms with Crippen molar-refractivity contribution in [2.45, 2.75) is 37.9 Å². The molecule has 0 bridgehead atoms. The highest BCUT2D eigenvalue weighted by Gasteiger charge is 2.51. The van der Waals surface area contributed by atoms with Crippen LogP contribution in [0.2, 0.25) is 0 Å². The largest absolute Gasteiger partial charge is 0.370 e. The molecule has 5 nitrogen and oxygen atoms in total. The lowest BCUT2D eigenvalue weighted by Gasteiger charge is -2.34. The van der Waals surface area contributed by atoms with Crippen LogP contribution < -0.4 is 31.4 Å². The summed E-state index contributed by atoms with van der Waals surface area (Å²) in [7, 11) is -0.890. The van der Waals surface area contributed by atoms with Crippen molar-refractivity contribution in [1.82, 2.24) is 0 Å². The second-order valence-corrected chi connectivity index (χ2v) is 13.6. The monoisotopic (exact) mass is 595 g/mol. The zero-order valence-corrected chi connectivity index (χ0v) is 25.3. The van der Waals surface area contributed by atoms with Gasteiger partial charge < -0.3 is 10.6 Å². The van der Waals surface area contributed by atoms with E-state index in [0.29, 0.717) is 19.3 Å². The van der Waals surface area contributed by atoms with E-state index in [-0.39, 0.29) is 24.0 Å². The first-order chi connectivity index (χ1) is 21.6. The zero-order valence-electron chi connectivity index (χ0n) is 24.4. The Morgan fingerprint density at radius 2 is 1.36 bits per heavy atom. The van der Waals surface area contributed by atoms with Gasteiger partial charge in [0.2, 0.25) is 5.91 Å². The van der Waals surface area contributed by atoms with Gasteiger partial charge in [-0.3, -0.25) is 14.5 Å². The van der Waals surface area contributed by atoms with Crippen LogP contribution in [0.5, 0.6) is 0 Å². The summed E-state index contributed by atoms with van der Waals surface area (Å²) >= 11 is 0. The molecule has 0 aliphatic carbocycles. The summed E-state index contributed by atoms with van der Waals surface area (Å²) in [5.74, 6) is -0.163. The van der Waals surface area contributed by atoms with E-state index in [1.165, 1.54) is 21.5 Å². The topological polar surface area (TPSA) is 66.6 Å². The van der Waals surface area contributed by atoms with Crippen LogP contribution in [0.4, 0.5) is 11.4 Å². The van der Waals surface area contributed by atoms with E-state index >= 15 is 0 Å². The number of amides is 2. The van der Waals surface area contributed by atoms with Crippen molar-refractivity contribution in [2.75, 3.05) is 9.80 Å². The lowest BCUT2D eigenvalue weighted by Crippen LogP contribution is -2.36. The molecule has 2 atom stereocenters. The van der Waals surface area contributed by atoms with Crippen molar-refractivity contribution in [3.8, 4) is 0 Å². The van der Waals surface area contributed by atoms with Gasteiger partial charge in [0, 0.05) is 29.8 Å². The molecule has 2 aliphatic rings. The van der Waals surface area contributed by atoms with Crippen LogP contribution in [0.1, 0.15) is 35.7 Å². The van der Waals surface area contributed by atoms with Crippen molar-refractivity contribution in [3.63, 3.8) is 0 Å². The molecule has 1 fully saturated rings. The first kappa shape index (κ1) is 28.1. The highest BCUT2D eigenvalue weighted by atomic mass is 31.1. The standard InChI is InChI=1S/C38H34N3O2P/c39-36(42)21-11-12-27-22-24-29(25-23-27)40-37(41-33-19-9-7-13-28(33)26-34(41)38(40)43)32-18-8-10-20-35(32)44(30-14-3-1-4-15-30)31-16-5-2-6-17-31/h1-10,13-20,22-25,34,37H,11-12,21,26H2,(H2,39,42)/t34-,37-/m0/s1. The van der Waals surface area contributed by atoms with Crippen molar-refractivity contribution in [3.05, 3.63) is 150 Å². The summed E-state index contributed by atoms with van der Waals surface area (Å²) in [4.78, 5) is 30.0. The number of primary amides is 1. The number of para-hydroxylation sites is 1. The van der Waals surface area contributed by atoms with Crippen LogP contribution >= 0.6 is 7.92 Å². The Morgan fingerprint density at radius 3 is 2.05 bits per heavy atom. The lowest BCUT2D eigenvalue weighted by molar-refractivity contribution is -0.119. The average molecular weight is 596 g/mol. The predicted octanol–water partition coefficient (Wildman–Crippen LogP) is 5.73. The third kappa shape index (κ3) is 5.18. The Labute approximate surface area is 259 Å². The number of benzene rings is 5. The summed E-state index contributed by atoms with van der Waals surface area (Å²) in [5, 5.41) is 3.79. The molecule has 0 unspecified atom stereocenters. The maximum absolute atomic E-state index is 14.4. The van der Waals surface area contributed by atoms with E-state index in [0.717, 1.165) is 28.9 Å². The van der Waals surface area contributed by atoms with Gasteiger partial charge in [0.15, 0.2) is 0 Å². The molecule has 5 aromatic carbocycles. The number of rotatable bonds is 9. The summed E-state index contributed by atoms with van der Waals surface area (Å²) in [6.07, 6.45) is 2.24.